The van der Waals surface area contributed by atoms with E-state index in [0.717, 1.165) is 18.8 Å². The van der Waals surface area contributed by atoms with E-state index in [4.69, 9.17) is 5.26 Å². The number of hydrogen-bond donors (Lipinski definition) is 0. The molecule has 1 unspecified atom stereocenters. The van der Waals surface area contributed by atoms with Crippen molar-refractivity contribution in [2.45, 2.75) is 58.8 Å². The van der Waals surface area contributed by atoms with Gasteiger partial charge in [-0.25, -0.2) is 0 Å². The molecule has 0 aliphatic rings. The first-order chi connectivity index (χ1) is 5.81. The van der Waals surface area contributed by atoms with E-state index in [9.17, 15) is 0 Å². The van der Waals surface area contributed by atoms with Gasteiger partial charge < -0.3 is 0 Å². The summed E-state index contributed by atoms with van der Waals surface area (Å²) >= 11 is 0. The highest BCUT2D eigenvalue weighted by molar-refractivity contribution is 4.68. The van der Waals surface area contributed by atoms with Crippen LogP contribution in [0.15, 0.2) is 0 Å². The van der Waals surface area contributed by atoms with Crippen molar-refractivity contribution in [3.05, 3.63) is 0 Å². The van der Waals surface area contributed by atoms with Crippen molar-refractivity contribution >= 4 is 0 Å². The Morgan fingerprint density at radius 1 is 1.17 bits per heavy atom. The average Bonchev–Trinajstić information content (AvgIpc) is 2.09. The molecule has 1 nitrogen and oxygen atoms in total. The van der Waals surface area contributed by atoms with E-state index >= 15 is 0 Å². The molecule has 0 aromatic rings. The normalized spacial score (nSPS) is 12.4. The summed E-state index contributed by atoms with van der Waals surface area (Å²) in [6.45, 7) is 4.56. The lowest BCUT2D eigenvalue weighted by Gasteiger charge is -2.08. The number of rotatable bonds is 7. The summed E-state index contributed by atoms with van der Waals surface area (Å²) < 4.78 is 0. The van der Waals surface area contributed by atoms with Crippen LogP contribution in [0, 0.1) is 17.2 Å². The molecule has 0 bridgehead atoms. The second-order valence-electron chi connectivity index (χ2n) is 3.65. The summed E-state index contributed by atoms with van der Waals surface area (Å²) in [6.07, 6.45) is 8.40. The topological polar surface area (TPSA) is 23.8 Å². The van der Waals surface area contributed by atoms with Crippen LogP contribution in [0.5, 0.6) is 0 Å². The summed E-state index contributed by atoms with van der Waals surface area (Å²) in [4.78, 5) is 0. The lowest BCUT2D eigenvalue weighted by molar-refractivity contribution is 0.451. The Morgan fingerprint density at radius 3 is 2.42 bits per heavy atom. The molecular formula is C11H21N. The standard InChI is InChI=1S/C11H21N/c1-3-4-8-11(2)9-6-5-7-10-12/h11H,3-9H2,1-2H3. The van der Waals surface area contributed by atoms with Gasteiger partial charge in [-0.1, -0.05) is 46.0 Å². The van der Waals surface area contributed by atoms with Gasteiger partial charge in [0.25, 0.3) is 0 Å². The highest BCUT2D eigenvalue weighted by atomic mass is 14.2. The smallest absolute Gasteiger partial charge is 0.0621 e. The highest BCUT2D eigenvalue weighted by Gasteiger charge is 2.00. The quantitative estimate of drug-likeness (QED) is 0.527. The van der Waals surface area contributed by atoms with Gasteiger partial charge in [-0.3, -0.25) is 0 Å². The number of hydrogen-bond acceptors (Lipinski definition) is 1. The van der Waals surface area contributed by atoms with Gasteiger partial charge in [-0.15, -0.1) is 0 Å². The Hall–Kier alpha value is -0.510. The summed E-state index contributed by atoms with van der Waals surface area (Å²) in [5.41, 5.74) is 0. The third-order valence-electron chi connectivity index (χ3n) is 2.29. The fourth-order valence-corrected chi connectivity index (χ4v) is 1.39. The van der Waals surface area contributed by atoms with Crippen LogP contribution < -0.4 is 0 Å². The van der Waals surface area contributed by atoms with Gasteiger partial charge in [0.05, 0.1) is 6.07 Å². The lowest BCUT2D eigenvalue weighted by Crippen LogP contribution is -1.94. The molecule has 0 amide bonds. The van der Waals surface area contributed by atoms with E-state index in [0.29, 0.717) is 0 Å². The number of nitriles is 1. The van der Waals surface area contributed by atoms with Crippen LogP contribution in [-0.2, 0) is 0 Å². The zero-order chi connectivity index (χ0) is 9.23. The molecule has 0 saturated heterocycles. The largest absolute Gasteiger partial charge is 0.198 e. The van der Waals surface area contributed by atoms with Crippen LogP contribution in [0.4, 0.5) is 0 Å². The van der Waals surface area contributed by atoms with E-state index in [2.05, 4.69) is 19.9 Å². The molecule has 1 heteroatoms. The Kier molecular flexibility index (Phi) is 8.22. The average molecular weight is 167 g/mol. The monoisotopic (exact) mass is 167 g/mol. The second kappa shape index (κ2) is 8.59. The molecule has 12 heavy (non-hydrogen) atoms. The van der Waals surface area contributed by atoms with Crippen molar-refractivity contribution in [1.29, 1.82) is 5.26 Å². The second-order valence-corrected chi connectivity index (χ2v) is 3.65. The van der Waals surface area contributed by atoms with E-state index < -0.39 is 0 Å². The minimum atomic E-state index is 0.737. The zero-order valence-corrected chi connectivity index (χ0v) is 8.47. The van der Waals surface area contributed by atoms with Crippen molar-refractivity contribution in [2.75, 3.05) is 0 Å². The fraction of sp³-hybridized carbons (Fsp3) is 0.909. The van der Waals surface area contributed by atoms with Gasteiger partial charge in [-0.2, -0.15) is 5.26 Å². The maximum absolute atomic E-state index is 8.32. The van der Waals surface area contributed by atoms with Crippen molar-refractivity contribution in [3.8, 4) is 6.07 Å². The SMILES string of the molecule is CCCCC(C)CCCCC#N. The van der Waals surface area contributed by atoms with Crippen molar-refractivity contribution in [1.82, 2.24) is 0 Å². The number of nitrogens with zero attached hydrogens (tertiary/aromatic N) is 1. The van der Waals surface area contributed by atoms with Crippen molar-refractivity contribution in [2.24, 2.45) is 5.92 Å². The lowest BCUT2D eigenvalue weighted by atomic mass is 9.98. The molecule has 70 valence electrons. The number of unbranched alkanes of at least 4 members (excludes halogenated alkanes) is 3. The first-order valence-corrected chi connectivity index (χ1v) is 5.18. The molecule has 0 heterocycles. The van der Waals surface area contributed by atoms with E-state index in [1.807, 2.05) is 0 Å². The Labute approximate surface area is 76.8 Å². The Morgan fingerprint density at radius 2 is 1.83 bits per heavy atom. The molecule has 0 saturated carbocycles. The zero-order valence-electron chi connectivity index (χ0n) is 8.47. The van der Waals surface area contributed by atoms with Gasteiger partial charge in [-0.05, 0) is 12.3 Å². The van der Waals surface area contributed by atoms with Crippen LogP contribution in [0.3, 0.4) is 0 Å². The van der Waals surface area contributed by atoms with Gasteiger partial charge in [0.1, 0.15) is 0 Å². The molecule has 0 rings (SSSR count). The molecule has 0 N–H and O–H groups in total. The Bertz CT molecular complexity index is 123. The van der Waals surface area contributed by atoms with E-state index in [1.165, 1.54) is 32.1 Å². The van der Waals surface area contributed by atoms with Crippen molar-refractivity contribution in [3.63, 3.8) is 0 Å². The fourth-order valence-electron chi connectivity index (χ4n) is 1.39. The first-order valence-electron chi connectivity index (χ1n) is 5.18. The Balaban J connectivity index is 3.09. The molecule has 0 aromatic heterocycles. The van der Waals surface area contributed by atoms with E-state index in [-0.39, 0.29) is 0 Å². The molecule has 0 aromatic carbocycles. The van der Waals surface area contributed by atoms with Gasteiger partial charge in [0.2, 0.25) is 0 Å². The van der Waals surface area contributed by atoms with Crippen LogP contribution >= 0.6 is 0 Å². The molecule has 0 radical (unpaired) electrons. The maximum atomic E-state index is 8.32. The minimum Gasteiger partial charge on any atom is -0.198 e. The summed E-state index contributed by atoms with van der Waals surface area (Å²) in [6, 6.07) is 2.18. The van der Waals surface area contributed by atoms with Crippen LogP contribution in [0.2, 0.25) is 0 Å². The minimum absolute atomic E-state index is 0.737. The summed E-state index contributed by atoms with van der Waals surface area (Å²) in [5.74, 6) is 0.864. The van der Waals surface area contributed by atoms with Gasteiger partial charge in [0, 0.05) is 6.42 Å². The highest BCUT2D eigenvalue weighted by Crippen LogP contribution is 2.15. The predicted molar refractivity (Wildman–Crippen MR) is 52.8 cm³/mol. The third kappa shape index (κ3) is 7.60. The third-order valence-corrected chi connectivity index (χ3v) is 2.29. The van der Waals surface area contributed by atoms with Crippen LogP contribution in [0.1, 0.15) is 58.8 Å². The summed E-state index contributed by atoms with van der Waals surface area (Å²) in [5, 5.41) is 8.32. The predicted octanol–water partition coefficient (Wildman–Crippen LogP) is 3.90. The maximum Gasteiger partial charge on any atom is 0.0621 e. The van der Waals surface area contributed by atoms with Gasteiger partial charge >= 0.3 is 0 Å². The van der Waals surface area contributed by atoms with Crippen LogP contribution in [-0.4, -0.2) is 0 Å². The first kappa shape index (κ1) is 11.5. The molecule has 1 atom stereocenters. The molecule has 0 aliphatic carbocycles. The van der Waals surface area contributed by atoms with Gasteiger partial charge in [0.15, 0.2) is 0 Å². The molecule has 0 spiro atoms. The molecule has 0 fully saturated rings. The summed E-state index contributed by atoms with van der Waals surface area (Å²) in [7, 11) is 0. The van der Waals surface area contributed by atoms with E-state index in [1.54, 1.807) is 0 Å². The van der Waals surface area contributed by atoms with Crippen LogP contribution in [0.25, 0.3) is 0 Å². The molecular weight excluding hydrogens is 146 g/mol. The molecule has 0 aliphatic heterocycles. The van der Waals surface area contributed by atoms with Crippen molar-refractivity contribution < 1.29 is 0 Å².